The Morgan fingerprint density at radius 2 is 2.12 bits per heavy atom. The van der Waals surface area contributed by atoms with Crippen LogP contribution in [0.4, 0.5) is 0 Å². The van der Waals surface area contributed by atoms with Crippen molar-refractivity contribution in [3.63, 3.8) is 0 Å². The van der Waals surface area contributed by atoms with Gasteiger partial charge in [-0.05, 0) is 31.2 Å². The minimum atomic E-state index is 0.132. The van der Waals surface area contributed by atoms with Crippen LogP contribution in [-0.4, -0.2) is 18.4 Å². The quantitative estimate of drug-likeness (QED) is 0.821. The van der Waals surface area contributed by atoms with E-state index in [2.05, 4.69) is 13.8 Å². The van der Waals surface area contributed by atoms with Crippen LogP contribution in [-0.2, 0) is 0 Å². The maximum atomic E-state index is 6.07. The summed E-state index contributed by atoms with van der Waals surface area (Å²) >= 11 is 7.86. The first-order valence-electron chi connectivity index (χ1n) is 5.21. The average Bonchev–Trinajstić information content (AvgIpc) is 2.17. The zero-order valence-corrected chi connectivity index (χ0v) is 11.5. The molecule has 4 heteroatoms. The van der Waals surface area contributed by atoms with Gasteiger partial charge in [0.25, 0.3) is 0 Å². The third-order valence-electron chi connectivity index (χ3n) is 2.26. The molecule has 0 saturated carbocycles. The third kappa shape index (κ3) is 3.89. The Kier molecular flexibility index (Phi) is 4.96. The molecule has 1 aromatic carbocycles. The molecule has 2 N–H and O–H groups in total. The van der Waals surface area contributed by atoms with Crippen molar-refractivity contribution in [2.45, 2.75) is 29.9 Å². The smallest absolute Gasteiger partial charge is 0.137 e. The lowest BCUT2D eigenvalue weighted by Crippen LogP contribution is -2.19. The molecule has 0 radical (unpaired) electrons. The number of thioether (sulfide) groups is 1. The van der Waals surface area contributed by atoms with Crippen molar-refractivity contribution >= 4 is 23.4 Å². The van der Waals surface area contributed by atoms with Crippen LogP contribution < -0.4 is 10.5 Å². The Morgan fingerprint density at radius 3 is 2.62 bits per heavy atom. The fourth-order valence-corrected chi connectivity index (χ4v) is 2.92. The standard InChI is InChI=1S/C12H18ClNOS/c1-12(2,6-7-14)16-9-4-5-11(15-3)10(13)8-9/h4-5,8H,6-7,14H2,1-3H3. The van der Waals surface area contributed by atoms with Crippen LogP contribution in [0.3, 0.4) is 0 Å². The van der Waals surface area contributed by atoms with E-state index in [1.165, 1.54) is 0 Å². The first kappa shape index (κ1) is 13.7. The topological polar surface area (TPSA) is 35.2 Å². The van der Waals surface area contributed by atoms with Crippen molar-refractivity contribution in [2.24, 2.45) is 5.73 Å². The average molecular weight is 260 g/mol. The van der Waals surface area contributed by atoms with E-state index >= 15 is 0 Å². The predicted molar refractivity (Wildman–Crippen MR) is 71.6 cm³/mol. The third-order valence-corrected chi connectivity index (χ3v) is 3.81. The molecule has 0 spiro atoms. The summed E-state index contributed by atoms with van der Waals surface area (Å²) in [6.07, 6.45) is 0.974. The SMILES string of the molecule is COc1ccc(SC(C)(C)CCN)cc1Cl. The Bertz CT molecular complexity index is 355. The summed E-state index contributed by atoms with van der Waals surface area (Å²) in [4.78, 5) is 1.14. The number of rotatable bonds is 5. The fraction of sp³-hybridized carbons (Fsp3) is 0.500. The monoisotopic (exact) mass is 259 g/mol. The molecule has 0 heterocycles. The summed E-state index contributed by atoms with van der Waals surface area (Å²) in [6, 6.07) is 5.85. The number of hydrogen-bond donors (Lipinski definition) is 1. The minimum Gasteiger partial charge on any atom is -0.495 e. The Labute approximate surface area is 107 Å². The molecule has 16 heavy (non-hydrogen) atoms. The molecule has 1 aromatic rings. The van der Waals surface area contributed by atoms with Crippen LogP contribution in [0.1, 0.15) is 20.3 Å². The Hall–Kier alpha value is -0.380. The summed E-state index contributed by atoms with van der Waals surface area (Å²) in [5.41, 5.74) is 5.58. The van der Waals surface area contributed by atoms with Gasteiger partial charge in [0.1, 0.15) is 5.75 Å². The van der Waals surface area contributed by atoms with Crippen LogP contribution in [0.5, 0.6) is 5.75 Å². The molecule has 0 aromatic heterocycles. The van der Waals surface area contributed by atoms with Gasteiger partial charge in [0.15, 0.2) is 0 Å². The van der Waals surface area contributed by atoms with Gasteiger partial charge in [-0.25, -0.2) is 0 Å². The zero-order chi connectivity index (χ0) is 12.2. The Morgan fingerprint density at radius 1 is 1.44 bits per heavy atom. The molecule has 0 bridgehead atoms. The molecule has 0 amide bonds. The minimum absolute atomic E-state index is 0.132. The second-order valence-electron chi connectivity index (χ2n) is 4.20. The second-order valence-corrected chi connectivity index (χ2v) is 6.38. The highest BCUT2D eigenvalue weighted by Crippen LogP contribution is 2.37. The first-order chi connectivity index (χ1) is 7.48. The van der Waals surface area contributed by atoms with Crippen molar-refractivity contribution in [1.82, 2.24) is 0 Å². The molecule has 0 unspecified atom stereocenters. The van der Waals surface area contributed by atoms with Crippen molar-refractivity contribution in [3.8, 4) is 5.75 Å². The van der Waals surface area contributed by atoms with Crippen LogP contribution in [0.15, 0.2) is 23.1 Å². The predicted octanol–water partition coefficient (Wildman–Crippen LogP) is 3.57. The molecule has 0 fully saturated rings. The molecule has 0 atom stereocenters. The van der Waals surface area contributed by atoms with Crippen LogP contribution in [0.25, 0.3) is 0 Å². The molecule has 0 aliphatic rings. The summed E-state index contributed by atoms with van der Waals surface area (Å²) < 4.78 is 5.25. The number of hydrogen-bond acceptors (Lipinski definition) is 3. The maximum Gasteiger partial charge on any atom is 0.137 e. The van der Waals surface area contributed by atoms with Gasteiger partial charge < -0.3 is 10.5 Å². The number of halogens is 1. The summed E-state index contributed by atoms with van der Waals surface area (Å²) in [5.74, 6) is 0.711. The van der Waals surface area contributed by atoms with Crippen LogP contribution in [0.2, 0.25) is 5.02 Å². The highest BCUT2D eigenvalue weighted by molar-refractivity contribution is 8.00. The zero-order valence-electron chi connectivity index (χ0n) is 9.92. The van der Waals surface area contributed by atoms with Gasteiger partial charge in [0.05, 0.1) is 12.1 Å². The molecule has 2 nitrogen and oxygen atoms in total. The molecular formula is C12H18ClNOS. The van der Waals surface area contributed by atoms with E-state index in [1.807, 2.05) is 18.2 Å². The van der Waals surface area contributed by atoms with Gasteiger partial charge in [-0.2, -0.15) is 0 Å². The highest BCUT2D eigenvalue weighted by atomic mass is 35.5. The molecule has 0 aliphatic carbocycles. The van der Waals surface area contributed by atoms with Crippen molar-refractivity contribution in [1.29, 1.82) is 0 Å². The van der Waals surface area contributed by atoms with Gasteiger partial charge in [-0.15, -0.1) is 11.8 Å². The van der Waals surface area contributed by atoms with Gasteiger partial charge in [-0.1, -0.05) is 25.4 Å². The van der Waals surface area contributed by atoms with Crippen molar-refractivity contribution < 1.29 is 4.74 Å². The summed E-state index contributed by atoms with van der Waals surface area (Å²) in [5, 5.41) is 0.649. The number of nitrogens with two attached hydrogens (primary N) is 1. The fourth-order valence-electron chi connectivity index (χ4n) is 1.43. The first-order valence-corrected chi connectivity index (χ1v) is 6.40. The number of benzene rings is 1. The number of ether oxygens (including phenoxy) is 1. The van der Waals surface area contributed by atoms with Gasteiger partial charge in [-0.3, -0.25) is 0 Å². The van der Waals surface area contributed by atoms with Crippen molar-refractivity contribution in [2.75, 3.05) is 13.7 Å². The molecular weight excluding hydrogens is 242 g/mol. The lowest BCUT2D eigenvalue weighted by atomic mass is 10.1. The van der Waals surface area contributed by atoms with Gasteiger partial charge in [0, 0.05) is 9.64 Å². The van der Waals surface area contributed by atoms with E-state index in [4.69, 9.17) is 22.1 Å². The number of methoxy groups -OCH3 is 1. The normalized spacial score (nSPS) is 11.6. The molecule has 1 rings (SSSR count). The summed E-state index contributed by atoms with van der Waals surface area (Å²) in [7, 11) is 1.62. The van der Waals surface area contributed by atoms with Crippen LogP contribution in [0, 0.1) is 0 Å². The second kappa shape index (κ2) is 5.80. The molecule has 90 valence electrons. The van der Waals surface area contributed by atoms with Gasteiger partial charge in [0.2, 0.25) is 0 Å². The molecule has 0 aliphatic heterocycles. The van der Waals surface area contributed by atoms with Crippen molar-refractivity contribution in [3.05, 3.63) is 23.2 Å². The summed E-state index contributed by atoms with van der Waals surface area (Å²) in [6.45, 7) is 5.06. The van der Waals surface area contributed by atoms with E-state index in [0.717, 1.165) is 11.3 Å². The largest absolute Gasteiger partial charge is 0.495 e. The van der Waals surface area contributed by atoms with E-state index in [1.54, 1.807) is 18.9 Å². The van der Waals surface area contributed by atoms with E-state index < -0.39 is 0 Å². The van der Waals surface area contributed by atoms with Crippen LogP contribution >= 0.6 is 23.4 Å². The Balaban J connectivity index is 2.78. The molecule has 0 saturated heterocycles. The highest BCUT2D eigenvalue weighted by Gasteiger charge is 2.18. The maximum absolute atomic E-state index is 6.07. The van der Waals surface area contributed by atoms with E-state index in [-0.39, 0.29) is 4.75 Å². The van der Waals surface area contributed by atoms with E-state index in [9.17, 15) is 0 Å². The van der Waals surface area contributed by atoms with Gasteiger partial charge >= 0.3 is 0 Å². The van der Waals surface area contributed by atoms with E-state index in [0.29, 0.717) is 17.3 Å². The lowest BCUT2D eigenvalue weighted by Gasteiger charge is -2.23. The lowest BCUT2D eigenvalue weighted by molar-refractivity contribution is 0.414.